The van der Waals surface area contributed by atoms with Gasteiger partial charge in [-0.1, -0.05) is 25.1 Å². The molecule has 4 heteroatoms. The highest BCUT2D eigenvalue weighted by Crippen LogP contribution is 2.22. The lowest BCUT2D eigenvalue weighted by Crippen LogP contribution is -2.32. The standard InChI is InChI=1S/C13H19N3.ClH/c1-3-16(9-8-14)11(2)13-7-5-4-6-12(13)10-15;/h4-7,11H,3,8-9,14H2,1-2H3;1H. The Morgan fingerprint density at radius 1 is 1.41 bits per heavy atom. The summed E-state index contributed by atoms with van der Waals surface area (Å²) in [5, 5.41) is 9.06. The first-order valence-electron chi connectivity index (χ1n) is 5.67. The molecule has 0 aliphatic carbocycles. The number of nitriles is 1. The highest BCUT2D eigenvalue weighted by Gasteiger charge is 2.15. The summed E-state index contributed by atoms with van der Waals surface area (Å²) >= 11 is 0. The van der Waals surface area contributed by atoms with Crippen molar-refractivity contribution in [3.8, 4) is 6.07 Å². The van der Waals surface area contributed by atoms with Crippen LogP contribution in [0.2, 0.25) is 0 Å². The summed E-state index contributed by atoms with van der Waals surface area (Å²) in [6.07, 6.45) is 0. The van der Waals surface area contributed by atoms with E-state index in [1.54, 1.807) is 0 Å². The molecule has 0 radical (unpaired) electrons. The maximum absolute atomic E-state index is 9.06. The first-order chi connectivity index (χ1) is 7.74. The van der Waals surface area contributed by atoms with Gasteiger partial charge in [-0.15, -0.1) is 12.4 Å². The Bertz CT molecular complexity index is 373. The Morgan fingerprint density at radius 2 is 2.06 bits per heavy atom. The topological polar surface area (TPSA) is 53.0 Å². The summed E-state index contributed by atoms with van der Waals surface area (Å²) < 4.78 is 0. The van der Waals surface area contributed by atoms with Gasteiger partial charge in [0, 0.05) is 19.1 Å². The molecule has 0 saturated carbocycles. The van der Waals surface area contributed by atoms with Crippen molar-refractivity contribution in [2.45, 2.75) is 19.9 Å². The fourth-order valence-corrected chi connectivity index (χ4v) is 1.95. The second-order valence-corrected chi connectivity index (χ2v) is 3.79. The Balaban J connectivity index is 0.00000256. The molecule has 1 rings (SSSR count). The lowest BCUT2D eigenvalue weighted by atomic mass is 10.0. The fraction of sp³-hybridized carbons (Fsp3) is 0.462. The van der Waals surface area contributed by atoms with Gasteiger partial charge >= 0.3 is 0 Å². The zero-order valence-electron chi connectivity index (χ0n) is 10.4. The minimum absolute atomic E-state index is 0. The van der Waals surface area contributed by atoms with Crippen LogP contribution in [0.3, 0.4) is 0 Å². The highest BCUT2D eigenvalue weighted by molar-refractivity contribution is 5.85. The first kappa shape index (κ1) is 15.9. The lowest BCUT2D eigenvalue weighted by Gasteiger charge is -2.28. The van der Waals surface area contributed by atoms with Gasteiger partial charge < -0.3 is 5.73 Å². The number of halogens is 1. The quantitative estimate of drug-likeness (QED) is 0.876. The van der Waals surface area contributed by atoms with Gasteiger partial charge in [-0.3, -0.25) is 4.90 Å². The van der Waals surface area contributed by atoms with E-state index in [9.17, 15) is 0 Å². The van der Waals surface area contributed by atoms with E-state index in [1.165, 1.54) is 0 Å². The normalized spacial score (nSPS) is 11.7. The van der Waals surface area contributed by atoms with E-state index in [1.807, 2.05) is 24.3 Å². The predicted molar refractivity (Wildman–Crippen MR) is 73.1 cm³/mol. The second-order valence-electron chi connectivity index (χ2n) is 3.79. The van der Waals surface area contributed by atoms with E-state index >= 15 is 0 Å². The first-order valence-corrected chi connectivity index (χ1v) is 5.67. The molecule has 1 unspecified atom stereocenters. The molecule has 3 nitrogen and oxygen atoms in total. The number of nitrogens with zero attached hydrogens (tertiary/aromatic N) is 2. The molecule has 0 amide bonds. The molecule has 17 heavy (non-hydrogen) atoms. The van der Waals surface area contributed by atoms with E-state index in [0.717, 1.165) is 24.2 Å². The molecule has 0 aromatic heterocycles. The van der Waals surface area contributed by atoms with Crippen molar-refractivity contribution in [1.29, 1.82) is 5.26 Å². The molecule has 94 valence electrons. The zero-order valence-corrected chi connectivity index (χ0v) is 11.2. The van der Waals surface area contributed by atoms with Gasteiger partial charge in [-0.2, -0.15) is 5.26 Å². The number of rotatable bonds is 5. The summed E-state index contributed by atoms with van der Waals surface area (Å²) in [6, 6.07) is 10.2. The monoisotopic (exact) mass is 253 g/mol. The van der Waals surface area contributed by atoms with Gasteiger partial charge in [0.1, 0.15) is 0 Å². The van der Waals surface area contributed by atoms with E-state index in [0.29, 0.717) is 6.54 Å². The maximum atomic E-state index is 9.06. The van der Waals surface area contributed by atoms with Crippen LogP contribution in [0.1, 0.15) is 31.0 Å². The summed E-state index contributed by atoms with van der Waals surface area (Å²) in [4.78, 5) is 2.27. The molecule has 0 aliphatic rings. The van der Waals surface area contributed by atoms with Gasteiger partial charge in [-0.25, -0.2) is 0 Å². The van der Waals surface area contributed by atoms with Gasteiger partial charge in [0.2, 0.25) is 0 Å². The van der Waals surface area contributed by atoms with Crippen LogP contribution in [0.4, 0.5) is 0 Å². The average Bonchev–Trinajstić information content (AvgIpc) is 2.35. The Hall–Kier alpha value is -1.08. The number of hydrogen-bond donors (Lipinski definition) is 1. The maximum Gasteiger partial charge on any atom is 0.0995 e. The Labute approximate surface area is 110 Å². The van der Waals surface area contributed by atoms with E-state index < -0.39 is 0 Å². The molecule has 0 aliphatic heterocycles. The summed E-state index contributed by atoms with van der Waals surface area (Å²) in [6.45, 7) is 6.68. The molecule has 1 atom stereocenters. The highest BCUT2D eigenvalue weighted by atomic mass is 35.5. The third-order valence-corrected chi connectivity index (χ3v) is 2.90. The van der Waals surface area contributed by atoms with Crippen molar-refractivity contribution in [1.82, 2.24) is 4.90 Å². The van der Waals surface area contributed by atoms with Crippen LogP contribution in [-0.2, 0) is 0 Å². The largest absolute Gasteiger partial charge is 0.329 e. The van der Waals surface area contributed by atoms with Crippen molar-refractivity contribution in [3.05, 3.63) is 35.4 Å². The van der Waals surface area contributed by atoms with Crippen molar-refractivity contribution in [3.63, 3.8) is 0 Å². The number of hydrogen-bond acceptors (Lipinski definition) is 3. The minimum Gasteiger partial charge on any atom is -0.329 e. The summed E-state index contributed by atoms with van der Waals surface area (Å²) in [5.74, 6) is 0. The van der Waals surface area contributed by atoms with Crippen LogP contribution < -0.4 is 5.73 Å². The molecule has 0 heterocycles. The third kappa shape index (κ3) is 4.01. The van der Waals surface area contributed by atoms with Gasteiger partial charge in [-0.05, 0) is 25.1 Å². The Kier molecular flexibility index (Phi) is 7.56. The summed E-state index contributed by atoms with van der Waals surface area (Å²) in [7, 11) is 0. The number of likely N-dealkylation sites (N-methyl/N-ethyl adjacent to an activating group) is 1. The van der Waals surface area contributed by atoms with Crippen LogP contribution in [0, 0.1) is 11.3 Å². The van der Waals surface area contributed by atoms with E-state index in [2.05, 4.69) is 24.8 Å². The fourth-order valence-electron chi connectivity index (χ4n) is 1.95. The van der Waals surface area contributed by atoms with Gasteiger partial charge in [0.25, 0.3) is 0 Å². The smallest absolute Gasteiger partial charge is 0.0995 e. The zero-order chi connectivity index (χ0) is 12.0. The second kappa shape index (κ2) is 8.08. The third-order valence-electron chi connectivity index (χ3n) is 2.90. The van der Waals surface area contributed by atoms with Crippen LogP contribution >= 0.6 is 12.4 Å². The minimum atomic E-state index is 0. The molecular weight excluding hydrogens is 234 g/mol. The van der Waals surface area contributed by atoms with E-state index in [-0.39, 0.29) is 18.4 Å². The molecular formula is C13H20ClN3. The molecule has 0 bridgehead atoms. The summed E-state index contributed by atoms with van der Waals surface area (Å²) in [5.41, 5.74) is 7.42. The molecule has 0 saturated heterocycles. The average molecular weight is 254 g/mol. The van der Waals surface area contributed by atoms with Gasteiger partial charge in [0.05, 0.1) is 11.6 Å². The van der Waals surface area contributed by atoms with Crippen LogP contribution in [0.5, 0.6) is 0 Å². The van der Waals surface area contributed by atoms with Crippen molar-refractivity contribution >= 4 is 12.4 Å². The van der Waals surface area contributed by atoms with Crippen molar-refractivity contribution in [2.24, 2.45) is 5.73 Å². The molecule has 0 fully saturated rings. The van der Waals surface area contributed by atoms with Gasteiger partial charge in [0.15, 0.2) is 0 Å². The number of benzene rings is 1. The lowest BCUT2D eigenvalue weighted by molar-refractivity contribution is 0.228. The SMILES string of the molecule is CCN(CCN)C(C)c1ccccc1C#N.Cl. The molecule has 1 aromatic carbocycles. The van der Waals surface area contributed by atoms with Crippen molar-refractivity contribution in [2.75, 3.05) is 19.6 Å². The Morgan fingerprint density at radius 3 is 2.59 bits per heavy atom. The molecule has 2 N–H and O–H groups in total. The van der Waals surface area contributed by atoms with Crippen LogP contribution in [0.15, 0.2) is 24.3 Å². The van der Waals surface area contributed by atoms with E-state index in [4.69, 9.17) is 11.0 Å². The predicted octanol–water partition coefficient (Wildman–Crippen LogP) is 2.32. The number of nitrogens with two attached hydrogens (primary N) is 1. The molecule has 0 spiro atoms. The van der Waals surface area contributed by atoms with Crippen LogP contribution in [0.25, 0.3) is 0 Å². The van der Waals surface area contributed by atoms with Crippen LogP contribution in [-0.4, -0.2) is 24.5 Å². The van der Waals surface area contributed by atoms with Crippen molar-refractivity contribution < 1.29 is 0 Å². The molecule has 1 aromatic rings.